The van der Waals surface area contributed by atoms with Gasteiger partial charge in [-0.2, -0.15) is 0 Å². The molecule has 0 aliphatic carbocycles. The van der Waals surface area contributed by atoms with E-state index >= 15 is 0 Å². The number of ketones is 1. The van der Waals surface area contributed by atoms with Gasteiger partial charge in [0.1, 0.15) is 5.75 Å². The highest BCUT2D eigenvalue weighted by molar-refractivity contribution is 6.27. The lowest BCUT2D eigenvalue weighted by molar-refractivity contribution is -0.116. The molecule has 0 aliphatic heterocycles. The Hall–Kier alpha value is -1.02. The number of carbonyl (C=O) groups is 1. The Bertz CT molecular complexity index is 321. The summed E-state index contributed by atoms with van der Waals surface area (Å²) in [7, 11) is 0. The van der Waals surface area contributed by atoms with E-state index in [0.29, 0.717) is 6.42 Å². The first-order valence-electron chi connectivity index (χ1n) is 3.99. The summed E-state index contributed by atoms with van der Waals surface area (Å²) in [5.41, 5.74) is 1.84. The molecule has 70 valence electrons. The monoisotopic (exact) mass is 198 g/mol. The first kappa shape index (κ1) is 10.1. The Kier molecular flexibility index (Phi) is 3.32. The molecule has 0 aliphatic rings. The molecule has 0 unspecified atom stereocenters. The van der Waals surface area contributed by atoms with Crippen molar-refractivity contribution in [2.75, 3.05) is 5.88 Å². The predicted molar refractivity (Wildman–Crippen MR) is 52.3 cm³/mol. The molecule has 3 heteroatoms. The number of alkyl halides is 1. The number of carbonyl (C=O) groups excluding carboxylic acids is 1. The van der Waals surface area contributed by atoms with E-state index in [1.54, 1.807) is 18.2 Å². The van der Waals surface area contributed by atoms with E-state index in [9.17, 15) is 4.79 Å². The van der Waals surface area contributed by atoms with Crippen molar-refractivity contribution < 1.29 is 9.90 Å². The molecule has 1 aromatic rings. The summed E-state index contributed by atoms with van der Waals surface area (Å²) < 4.78 is 0. The minimum atomic E-state index is -0.00421. The van der Waals surface area contributed by atoms with Crippen LogP contribution in [0.15, 0.2) is 18.2 Å². The predicted octanol–water partition coefficient (Wildman–Crippen LogP) is 2.05. The maximum atomic E-state index is 11.0. The van der Waals surface area contributed by atoms with Crippen LogP contribution in [0.2, 0.25) is 0 Å². The van der Waals surface area contributed by atoms with Gasteiger partial charge >= 0.3 is 0 Å². The van der Waals surface area contributed by atoms with E-state index in [-0.39, 0.29) is 17.4 Å². The number of aromatic hydroxyl groups is 1. The van der Waals surface area contributed by atoms with Crippen LogP contribution < -0.4 is 0 Å². The van der Waals surface area contributed by atoms with Crippen LogP contribution in [0.3, 0.4) is 0 Å². The van der Waals surface area contributed by atoms with Crippen molar-refractivity contribution in [1.29, 1.82) is 0 Å². The van der Waals surface area contributed by atoms with Crippen LogP contribution in [0.4, 0.5) is 0 Å². The van der Waals surface area contributed by atoms with E-state index in [4.69, 9.17) is 16.7 Å². The largest absolute Gasteiger partial charge is 0.508 e. The molecular weight excluding hydrogens is 188 g/mol. The second kappa shape index (κ2) is 4.28. The standard InChI is InChI=1S/C10H11ClO2/c1-7-4-9(12)3-2-8(7)5-10(13)6-11/h2-4,12H,5-6H2,1H3. The molecular formula is C10H11ClO2. The van der Waals surface area contributed by atoms with Gasteiger partial charge in [0, 0.05) is 6.42 Å². The number of hydrogen-bond donors (Lipinski definition) is 1. The van der Waals surface area contributed by atoms with Crippen molar-refractivity contribution in [2.45, 2.75) is 13.3 Å². The molecule has 0 saturated carbocycles. The zero-order valence-corrected chi connectivity index (χ0v) is 8.14. The van der Waals surface area contributed by atoms with E-state index in [2.05, 4.69) is 0 Å². The zero-order valence-electron chi connectivity index (χ0n) is 7.38. The number of hydrogen-bond acceptors (Lipinski definition) is 2. The summed E-state index contributed by atoms with van der Waals surface area (Å²) in [6, 6.07) is 4.95. The minimum Gasteiger partial charge on any atom is -0.508 e. The van der Waals surface area contributed by atoms with Crippen molar-refractivity contribution in [2.24, 2.45) is 0 Å². The normalized spacial score (nSPS) is 10.0. The van der Waals surface area contributed by atoms with Gasteiger partial charge in [0.25, 0.3) is 0 Å². The SMILES string of the molecule is Cc1cc(O)ccc1CC(=O)CCl. The minimum absolute atomic E-state index is 0.00421. The Balaban J connectivity index is 2.83. The third-order valence-corrected chi connectivity index (χ3v) is 2.16. The van der Waals surface area contributed by atoms with Gasteiger partial charge in [-0.15, -0.1) is 11.6 Å². The summed E-state index contributed by atoms with van der Waals surface area (Å²) >= 11 is 5.39. The quantitative estimate of drug-likeness (QED) is 0.755. The van der Waals surface area contributed by atoms with Crippen LogP contribution in [-0.4, -0.2) is 16.8 Å². The lowest BCUT2D eigenvalue weighted by Crippen LogP contribution is -2.04. The molecule has 1 rings (SSSR count). The smallest absolute Gasteiger partial charge is 0.151 e. The molecule has 0 fully saturated rings. The van der Waals surface area contributed by atoms with Gasteiger partial charge < -0.3 is 5.11 Å². The van der Waals surface area contributed by atoms with E-state index in [1.165, 1.54) is 0 Å². The summed E-state index contributed by atoms with van der Waals surface area (Å²) in [4.78, 5) is 11.0. The molecule has 0 atom stereocenters. The van der Waals surface area contributed by atoms with E-state index in [0.717, 1.165) is 11.1 Å². The summed E-state index contributed by atoms with van der Waals surface area (Å²) in [5.74, 6) is 0.260. The molecule has 1 N–H and O–H groups in total. The van der Waals surface area contributed by atoms with Gasteiger partial charge in [0.15, 0.2) is 5.78 Å². The molecule has 1 aromatic carbocycles. The molecule has 0 spiro atoms. The van der Waals surface area contributed by atoms with Gasteiger partial charge in [0.05, 0.1) is 5.88 Å². The third kappa shape index (κ3) is 2.74. The number of Topliss-reactive ketones (excluding diaryl/α,β-unsaturated/α-hetero) is 1. The van der Waals surface area contributed by atoms with Gasteiger partial charge in [-0.05, 0) is 30.2 Å². The highest BCUT2D eigenvalue weighted by Gasteiger charge is 2.04. The molecule has 0 bridgehead atoms. The molecule has 2 nitrogen and oxygen atoms in total. The van der Waals surface area contributed by atoms with Crippen molar-refractivity contribution in [3.05, 3.63) is 29.3 Å². The van der Waals surface area contributed by atoms with Gasteiger partial charge in [-0.3, -0.25) is 4.79 Å². The summed E-state index contributed by atoms with van der Waals surface area (Å²) in [5, 5.41) is 9.12. The first-order chi connectivity index (χ1) is 6.13. The van der Waals surface area contributed by atoms with Gasteiger partial charge in [-0.25, -0.2) is 0 Å². The fraction of sp³-hybridized carbons (Fsp3) is 0.300. The zero-order chi connectivity index (χ0) is 9.84. The lowest BCUT2D eigenvalue weighted by atomic mass is 10.0. The van der Waals surface area contributed by atoms with Crippen molar-refractivity contribution in [3.63, 3.8) is 0 Å². The molecule has 0 aromatic heterocycles. The topological polar surface area (TPSA) is 37.3 Å². The highest BCUT2D eigenvalue weighted by Crippen LogP contribution is 2.16. The van der Waals surface area contributed by atoms with E-state index < -0.39 is 0 Å². The van der Waals surface area contributed by atoms with Crippen LogP contribution in [0, 0.1) is 6.92 Å². The van der Waals surface area contributed by atoms with Crippen LogP contribution in [0.5, 0.6) is 5.75 Å². The Morgan fingerprint density at radius 1 is 1.54 bits per heavy atom. The fourth-order valence-corrected chi connectivity index (χ4v) is 1.23. The van der Waals surface area contributed by atoms with Crippen molar-refractivity contribution in [1.82, 2.24) is 0 Å². The van der Waals surface area contributed by atoms with Gasteiger partial charge in [-0.1, -0.05) is 6.07 Å². The average Bonchev–Trinajstić information content (AvgIpc) is 2.09. The number of aryl methyl sites for hydroxylation is 1. The molecule has 13 heavy (non-hydrogen) atoms. The molecule has 0 radical (unpaired) electrons. The van der Waals surface area contributed by atoms with Crippen molar-refractivity contribution in [3.8, 4) is 5.75 Å². The highest BCUT2D eigenvalue weighted by atomic mass is 35.5. The third-order valence-electron chi connectivity index (χ3n) is 1.86. The maximum Gasteiger partial charge on any atom is 0.151 e. The van der Waals surface area contributed by atoms with Gasteiger partial charge in [0.2, 0.25) is 0 Å². The van der Waals surface area contributed by atoms with Crippen LogP contribution in [0.25, 0.3) is 0 Å². The van der Waals surface area contributed by atoms with Crippen LogP contribution in [0.1, 0.15) is 11.1 Å². The second-order valence-corrected chi connectivity index (χ2v) is 3.23. The summed E-state index contributed by atoms with van der Waals surface area (Å²) in [6.07, 6.45) is 0.343. The van der Waals surface area contributed by atoms with Crippen LogP contribution in [-0.2, 0) is 11.2 Å². The summed E-state index contributed by atoms with van der Waals surface area (Å²) in [6.45, 7) is 1.86. The Morgan fingerprint density at radius 2 is 2.23 bits per heavy atom. The number of phenolic OH excluding ortho intramolecular Hbond substituents is 1. The Morgan fingerprint density at radius 3 is 2.77 bits per heavy atom. The second-order valence-electron chi connectivity index (χ2n) is 2.96. The molecule has 0 amide bonds. The first-order valence-corrected chi connectivity index (χ1v) is 4.53. The number of rotatable bonds is 3. The Labute approximate surface area is 82.2 Å². The molecule has 0 heterocycles. The van der Waals surface area contributed by atoms with Crippen LogP contribution >= 0.6 is 11.6 Å². The fourth-order valence-electron chi connectivity index (χ4n) is 1.14. The lowest BCUT2D eigenvalue weighted by Gasteiger charge is -2.03. The maximum absolute atomic E-state index is 11.0. The number of halogens is 1. The molecule has 0 saturated heterocycles. The van der Waals surface area contributed by atoms with E-state index in [1.807, 2.05) is 6.92 Å². The number of benzene rings is 1. The van der Waals surface area contributed by atoms with Crippen molar-refractivity contribution >= 4 is 17.4 Å². The average molecular weight is 199 g/mol. The number of phenols is 1.